The Morgan fingerprint density at radius 3 is 2.74 bits per heavy atom. The molecule has 1 unspecified atom stereocenters. The summed E-state index contributed by atoms with van der Waals surface area (Å²) in [4.78, 5) is 2.35. The third-order valence-corrected chi connectivity index (χ3v) is 4.81. The molecule has 2 aromatic rings. The van der Waals surface area contributed by atoms with E-state index in [0.29, 0.717) is 26.2 Å². The first-order valence-corrected chi connectivity index (χ1v) is 9.94. The van der Waals surface area contributed by atoms with Gasteiger partial charge in [-0.05, 0) is 50.6 Å². The Morgan fingerprint density at radius 1 is 1.19 bits per heavy atom. The number of aliphatic hydroxyl groups excluding tert-OH is 1. The fourth-order valence-electron chi connectivity index (χ4n) is 3.44. The van der Waals surface area contributed by atoms with Crippen LogP contribution < -0.4 is 10.1 Å². The predicted molar refractivity (Wildman–Crippen MR) is 105 cm³/mol. The highest BCUT2D eigenvalue weighted by Crippen LogP contribution is 2.15. The van der Waals surface area contributed by atoms with E-state index in [-0.39, 0.29) is 0 Å². The Bertz CT molecular complexity index is 681. The second-order valence-electron chi connectivity index (χ2n) is 7.37. The molecular weight excluding hydrogens is 342 g/mol. The summed E-state index contributed by atoms with van der Waals surface area (Å²) in [6.45, 7) is 6.46. The van der Waals surface area contributed by atoms with Crippen LogP contribution in [0.3, 0.4) is 0 Å². The van der Waals surface area contributed by atoms with E-state index in [9.17, 15) is 5.11 Å². The van der Waals surface area contributed by atoms with Gasteiger partial charge in [0.05, 0.1) is 12.2 Å². The maximum atomic E-state index is 10.3. The van der Waals surface area contributed by atoms with Crippen LogP contribution in [0.1, 0.15) is 42.7 Å². The van der Waals surface area contributed by atoms with Gasteiger partial charge in [0.25, 0.3) is 0 Å². The van der Waals surface area contributed by atoms with Crippen LogP contribution in [-0.4, -0.2) is 47.5 Å². The van der Waals surface area contributed by atoms with E-state index in [1.807, 2.05) is 31.2 Å². The number of aliphatic hydroxyl groups is 1. The van der Waals surface area contributed by atoms with Crippen LogP contribution in [0.5, 0.6) is 5.75 Å². The van der Waals surface area contributed by atoms with Crippen LogP contribution in [0.25, 0.3) is 0 Å². The van der Waals surface area contributed by atoms with E-state index < -0.39 is 6.10 Å². The average molecular weight is 373 g/mol. The molecule has 1 aliphatic heterocycles. The Morgan fingerprint density at radius 2 is 2.00 bits per heavy atom. The lowest BCUT2D eigenvalue weighted by Crippen LogP contribution is -2.36. The Balaban J connectivity index is 1.40. The van der Waals surface area contributed by atoms with Crippen molar-refractivity contribution in [3.63, 3.8) is 0 Å². The fourth-order valence-corrected chi connectivity index (χ4v) is 3.44. The van der Waals surface area contributed by atoms with Crippen LogP contribution in [0.2, 0.25) is 0 Å². The van der Waals surface area contributed by atoms with Crippen molar-refractivity contribution >= 4 is 0 Å². The molecule has 3 rings (SSSR count). The van der Waals surface area contributed by atoms with Crippen molar-refractivity contribution in [2.24, 2.45) is 0 Å². The summed E-state index contributed by atoms with van der Waals surface area (Å²) < 4.78 is 11.0. The van der Waals surface area contributed by atoms with Gasteiger partial charge in [0.15, 0.2) is 5.76 Å². The lowest BCUT2D eigenvalue weighted by molar-refractivity contribution is 0.0693. The number of benzene rings is 1. The summed E-state index contributed by atoms with van der Waals surface area (Å²) in [5, 5.41) is 17.5. The van der Waals surface area contributed by atoms with Crippen molar-refractivity contribution < 1.29 is 14.4 Å². The van der Waals surface area contributed by atoms with Crippen LogP contribution >= 0.6 is 0 Å². The van der Waals surface area contributed by atoms with E-state index in [1.165, 1.54) is 25.7 Å². The maximum absolute atomic E-state index is 10.3. The molecule has 6 heteroatoms. The maximum Gasteiger partial charge on any atom is 0.150 e. The number of ether oxygens (including phenoxy) is 1. The number of rotatable bonds is 9. The van der Waals surface area contributed by atoms with Gasteiger partial charge in [0, 0.05) is 19.2 Å². The molecule has 0 aliphatic carbocycles. The molecule has 0 spiro atoms. The lowest BCUT2D eigenvalue weighted by atomic mass is 10.2. The van der Waals surface area contributed by atoms with Crippen molar-refractivity contribution in [3.8, 4) is 5.75 Å². The predicted octanol–water partition coefficient (Wildman–Crippen LogP) is 2.89. The molecule has 1 saturated heterocycles. The van der Waals surface area contributed by atoms with Gasteiger partial charge in [-0.15, -0.1) is 0 Å². The number of nitrogens with zero attached hydrogens (tertiary/aromatic N) is 2. The number of aryl methyl sites for hydroxylation is 1. The summed E-state index contributed by atoms with van der Waals surface area (Å²) in [6.07, 6.45) is 4.62. The monoisotopic (exact) mass is 373 g/mol. The zero-order valence-electron chi connectivity index (χ0n) is 16.2. The van der Waals surface area contributed by atoms with E-state index in [0.717, 1.165) is 35.9 Å². The number of hydrogen-bond donors (Lipinski definition) is 2. The van der Waals surface area contributed by atoms with Crippen LogP contribution in [-0.2, 0) is 13.1 Å². The van der Waals surface area contributed by atoms with Crippen LogP contribution in [0.15, 0.2) is 34.9 Å². The second-order valence-corrected chi connectivity index (χ2v) is 7.37. The average Bonchev–Trinajstić information content (AvgIpc) is 2.91. The zero-order chi connectivity index (χ0) is 18.9. The quantitative estimate of drug-likeness (QED) is 0.704. The summed E-state index contributed by atoms with van der Waals surface area (Å²) >= 11 is 0. The third kappa shape index (κ3) is 6.97. The first-order valence-electron chi connectivity index (χ1n) is 9.94. The first kappa shape index (κ1) is 19.9. The fraction of sp³-hybridized carbons (Fsp3) is 0.571. The molecule has 2 heterocycles. The van der Waals surface area contributed by atoms with Gasteiger partial charge in [0.2, 0.25) is 0 Å². The molecular formula is C21H31N3O3. The molecule has 1 fully saturated rings. The molecule has 27 heavy (non-hydrogen) atoms. The lowest BCUT2D eigenvalue weighted by Gasteiger charge is -2.23. The Hall–Kier alpha value is -1.89. The van der Waals surface area contributed by atoms with E-state index in [1.54, 1.807) is 0 Å². The minimum Gasteiger partial charge on any atom is -0.491 e. The molecule has 0 radical (unpaired) electrons. The van der Waals surface area contributed by atoms with Crippen molar-refractivity contribution in [1.82, 2.24) is 15.4 Å². The van der Waals surface area contributed by atoms with E-state index in [4.69, 9.17) is 9.26 Å². The highest BCUT2D eigenvalue weighted by atomic mass is 16.5. The summed E-state index contributed by atoms with van der Waals surface area (Å²) in [5.74, 6) is 1.62. The summed E-state index contributed by atoms with van der Waals surface area (Å²) in [6, 6.07) is 9.91. The van der Waals surface area contributed by atoms with Gasteiger partial charge < -0.3 is 24.6 Å². The van der Waals surface area contributed by atoms with Gasteiger partial charge in [0.1, 0.15) is 18.5 Å². The molecule has 1 aliphatic rings. The molecule has 6 nitrogen and oxygen atoms in total. The largest absolute Gasteiger partial charge is 0.491 e. The number of aromatic nitrogens is 1. The van der Waals surface area contributed by atoms with Crippen molar-refractivity contribution in [2.75, 3.05) is 26.2 Å². The van der Waals surface area contributed by atoms with Gasteiger partial charge in [-0.3, -0.25) is 0 Å². The third-order valence-electron chi connectivity index (χ3n) is 4.81. The molecule has 2 N–H and O–H groups in total. The van der Waals surface area contributed by atoms with Gasteiger partial charge in [-0.1, -0.05) is 30.1 Å². The second kappa shape index (κ2) is 10.4. The first-order chi connectivity index (χ1) is 13.2. The van der Waals surface area contributed by atoms with E-state index >= 15 is 0 Å². The van der Waals surface area contributed by atoms with Crippen molar-refractivity contribution in [3.05, 3.63) is 47.3 Å². The Labute approximate surface area is 161 Å². The van der Waals surface area contributed by atoms with Gasteiger partial charge >= 0.3 is 0 Å². The number of β-amino-alcohol motifs (C(OH)–C–C–N with tert-alkyl or cyclic N) is 1. The topological polar surface area (TPSA) is 70.8 Å². The van der Waals surface area contributed by atoms with Gasteiger partial charge in [-0.2, -0.15) is 0 Å². The number of nitrogens with one attached hydrogen (secondary N) is 1. The minimum absolute atomic E-state index is 0.324. The van der Waals surface area contributed by atoms with Crippen LogP contribution in [0.4, 0.5) is 0 Å². The molecule has 1 atom stereocenters. The normalized spacial score (nSPS) is 16.8. The van der Waals surface area contributed by atoms with Gasteiger partial charge in [-0.25, -0.2) is 0 Å². The molecule has 1 aromatic heterocycles. The molecule has 0 amide bonds. The van der Waals surface area contributed by atoms with Crippen molar-refractivity contribution in [1.29, 1.82) is 0 Å². The molecule has 0 bridgehead atoms. The van der Waals surface area contributed by atoms with E-state index in [2.05, 4.69) is 21.4 Å². The summed E-state index contributed by atoms with van der Waals surface area (Å²) in [5.41, 5.74) is 2.02. The highest BCUT2D eigenvalue weighted by Gasteiger charge is 2.14. The van der Waals surface area contributed by atoms with Crippen molar-refractivity contribution in [2.45, 2.75) is 51.8 Å². The SMILES string of the molecule is Cc1cc(CNCc2cccc(OCC(O)CN3CCCCCC3)c2)on1. The number of likely N-dealkylation sites (tertiary alicyclic amines) is 1. The Kier molecular flexibility index (Phi) is 7.68. The highest BCUT2D eigenvalue weighted by molar-refractivity contribution is 5.28. The standard InChI is InChI=1S/C21H31N3O3/c1-17-11-21(27-23-17)14-22-13-18-7-6-8-20(12-18)26-16-19(25)15-24-9-4-2-3-5-10-24/h6-8,11-12,19,22,25H,2-5,9-10,13-16H2,1H3. The molecule has 1 aromatic carbocycles. The van der Waals surface area contributed by atoms with Crippen LogP contribution in [0, 0.1) is 6.92 Å². The minimum atomic E-state index is -0.459. The smallest absolute Gasteiger partial charge is 0.150 e. The molecule has 148 valence electrons. The number of hydrogen-bond acceptors (Lipinski definition) is 6. The molecule has 0 saturated carbocycles. The zero-order valence-corrected chi connectivity index (χ0v) is 16.2. The summed E-state index contributed by atoms with van der Waals surface area (Å²) in [7, 11) is 0.